The van der Waals surface area contributed by atoms with Gasteiger partial charge in [-0.1, -0.05) is 30.3 Å². The first-order valence-electron chi connectivity index (χ1n) is 13.0. The third-order valence-corrected chi connectivity index (χ3v) is 7.18. The summed E-state index contributed by atoms with van der Waals surface area (Å²) in [5.74, 6) is -0.366. The van der Waals surface area contributed by atoms with Gasteiger partial charge in [0.25, 0.3) is 0 Å². The van der Waals surface area contributed by atoms with E-state index in [1.807, 2.05) is 44.2 Å². The summed E-state index contributed by atoms with van der Waals surface area (Å²) in [6.45, 7) is 5.91. The van der Waals surface area contributed by atoms with Crippen LogP contribution in [0.1, 0.15) is 47.0 Å². The van der Waals surface area contributed by atoms with E-state index < -0.39 is 17.7 Å². The van der Waals surface area contributed by atoms with Gasteiger partial charge in [-0.3, -0.25) is 14.4 Å². The second-order valence-corrected chi connectivity index (χ2v) is 9.71. The number of benzene rings is 2. The van der Waals surface area contributed by atoms with Crippen LogP contribution >= 0.6 is 0 Å². The van der Waals surface area contributed by atoms with E-state index >= 15 is 0 Å². The van der Waals surface area contributed by atoms with Crippen LogP contribution in [-0.2, 0) is 9.59 Å². The van der Waals surface area contributed by atoms with Crippen LogP contribution in [0.15, 0.2) is 81.0 Å². The number of nitrogens with two attached hydrogens (primary N) is 1. The molecule has 1 aromatic heterocycles. The van der Waals surface area contributed by atoms with E-state index in [9.17, 15) is 14.4 Å². The van der Waals surface area contributed by atoms with Crippen molar-refractivity contribution < 1.29 is 23.5 Å². The Bertz CT molecular complexity index is 1630. The molecule has 2 aromatic carbocycles. The smallest absolute Gasteiger partial charge is 0.249 e. The molecule has 3 aromatic rings. The van der Waals surface area contributed by atoms with Gasteiger partial charge in [-0.2, -0.15) is 0 Å². The van der Waals surface area contributed by atoms with Crippen LogP contribution in [0.3, 0.4) is 0 Å². The van der Waals surface area contributed by atoms with E-state index in [2.05, 4.69) is 15.6 Å². The average Bonchev–Trinajstić information content (AvgIpc) is 3.52. The topological polar surface area (TPSA) is 136 Å². The minimum Gasteiger partial charge on any atom is -0.496 e. The summed E-state index contributed by atoms with van der Waals surface area (Å²) in [7, 11) is 1.56. The number of aliphatic imine (C=N–C) groups is 1. The molecule has 5 rings (SSSR count). The molecule has 0 aliphatic carbocycles. The fourth-order valence-electron chi connectivity index (χ4n) is 5.30. The van der Waals surface area contributed by atoms with Crippen molar-refractivity contribution in [2.45, 2.75) is 26.7 Å². The first-order valence-corrected chi connectivity index (χ1v) is 13.0. The molecular formula is C31H30N4O5. The number of likely N-dealkylation sites (N-methyl/N-ethyl adjacent to an activating group) is 1. The van der Waals surface area contributed by atoms with Crippen molar-refractivity contribution >= 4 is 29.5 Å². The summed E-state index contributed by atoms with van der Waals surface area (Å²) >= 11 is 0. The fraction of sp³-hybridized carbons (Fsp3) is 0.226. The lowest BCUT2D eigenvalue weighted by atomic mass is 9.74. The molecule has 2 amide bonds. The van der Waals surface area contributed by atoms with Crippen LogP contribution in [0.25, 0.3) is 17.4 Å². The van der Waals surface area contributed by atoms with Gasteiger partial charge in [0.05, 0.1) is 13.0 Å². The summed E-state index contributed by atoms with van der Waals surface area (Å²) in [6.07, 6.45) is 1.59. The van der Waals surface area contributed by atoms with Crippen molar-refractivity contribution in [1.82, 2.24) is 10.6 Å². The van der Waals surface area contributed by atoms with Gasteiger partial charge in [0.1, 0.15) is 28.8 Å². The molecule has 0 radical (unpaired) electrons. The molecule has 2 unspecified atom stereocenters. The molecule has 2 aliphatic rings. The molecule has 0 spiro atoms. The summed E-state index contributed by atoms with van der Waals surface area (Å²) < 4.78 is 11.6. The number of para-hydroxylation sites is 1. The van der Waals surface area contributed by atoms with Gasteiger partial charge in [-0.05, 0) is 50.6 Å². The lowest BCUT2D eigenvalue weighted by Crippen LogP contribution is -2.44. The lowest BCUT2D eigenvalue weighted by Gasteiger charge is -2.33. The second kappa shape index (κ2) is 10.7. The molecule has 3 heterocycles. The van der Waals surface area contributed by atoms with Gasteiger partial charge in [-0.15, -0.1) is 0 Å². The molecule has 9 heteroatoms. The number of amidine groups is 1. The number of methoxy groups -OCH3 is 1. The van der Waals surface area contributed by atoms with Crippen molar-refractivity contribution in [3.63, 3.8) is 0 Å². The number of nitrogens with one attached hydrogen (secondary N) is 2. The summed E-state index contributed by atoms with van der Waals surface area (Å²) in [4.78, 5) is 43.5. The molecule has 4 N–H and O–H groups in total. The van der Waals surface area contributed by atoms with E-state index in [1.165, 1.54) is 0 Å². The third kappa shape index (κ3) is 4.70. The van der Waals surface area contributed by atoms with E-state index in [-0.39, 0.29) is 17.4 Å². The molecule has 2 aliphatic heterocycles. The van der Waals surface area contributed by atoms with Gasteiger partial charge in [-0.25, -0.2) is 4.99 Å². The number of ketones is 1. The Balaban J connectivity index is 1.53. The van der Waals surface area contributed by atoms with E-state index in [0.717, 1.165) is 11.1 Å². The van der Waals surface area contributed by atoms with Crippen LogP contribution < -0.4 is 21.1 Å². The Morgan fingerprint density at radius 1 is 1.12 bits per heavy atom. The minimum absolute atomic E-state index is 0.208. The molecule has 9 nitrogen and oxygen atoms in total. The van der Waals surface area contributed by atoms with Crippen molar-refractivity contribution in [2.24, 2.45) is 16.6 Å². The molecule has 2 atom stereocenters. The predicted octanol–water partition coefficient (Wildman–Crippen LogP) is 4.10. The molecule has 204 valence electrons. The number of allylic oxidation sites excluding steroid dienone is 2. The first-order chi connectivity index (χ1) is 19.2. The molecule has 0 saturated carbocycles. The second-order valence-electron chi connectivity index (χ2n) is 9.71. The highest BCUT2D eigenvalue weighted by Gasteiger charge is 2.48. The van der Waals surface area contributed by atoms with Crippen LogP contribution in [-0.4, -0.2) is 37.1 Å². The van der Waals surface area contributed by atoms with E-state index in [0.29, 0.717) is 52.0 Å². The van der Waals surface area contributed by atoms with Gasteiger partial charge < -0.3 is 25.5 Å². The van der Waals surface area contributed by atoms with E-state index in [1.54, 1.807) is 44.4 Å². The normalized spacial score (nSPS) is 19.2. The quantitative estimate of drug-likeness (QED) is 0.388. The summed E-state index contributed by atoms with van der Waals surface area (Å²) in [6, 6.07) is 16.2. The number of nitrogens with zero attached hydrogens (tertiary/aromatic N) is 1. The number of amides is 2. The number of hydrogen-bond acceptors (Lipinski definition) is 7. The molecule has 0 saturated heterocycles. The maximum Gasteiger partial charge on any atom is 0.249 e. The van der Waals surface area contributed by atoms with Crippen LogP contribution in [0.5, 0.6) is 5.75 Å². The summed E-state index contributed by atoms with van der Waals surface area (Å²) in [5.41, 5.74) is 9.39. The number of rotatable bonds is 7. The molecular weight excluding hydrogens is 508 g/mol. The molecule has 0 fully saturated rings. The van der Waals surface area contributed by atoms with Gasteiger partial charge >= 0.3 is 0 Å². The monoisotopic (exact) mass is 538 g/mol. The number of ether oxygens (including phenoxy) is 1. The number of hydrogen-bond donors (Lipinski definition) is 3. The number of Topliss-reactive ketones (excluding diaryl/α,β-unsaturated/α-hetero) is 1. The molecule has 0 bridgehead atoms. The third-order valence-electron chi connectivity index (χ3n) is 7.18. The van der Waals surface area contributed by atoms with E-state index in [4.69, 9.17) is 14.9 Å². The number of fused-ring (bicyclic) bond motifs is 1. The predicted molar refractivity (Wildman–Crippen MR) is 152 cm³/mol. The van der Waals surface area contributed by atoms with Crippen molar-refractivity contribution in [3.05, 3.63) is 94.0 Å². The van der Waals surface area contributed by atoms with Crippen molar-refractivity contribution in [1.29, 1.82) is 0 Å². The van der Waals surface area contributed by atoms with Crippen LogP contribution in [0.4, 0.5) is 0 Å². The highest BCUT2D eigenvalue weighted by Crippen LogP contribution is 2.45. The lowest BCUT2D eigenvalue weighted by molar-refractivity contribution is -0.118. The zero-order valence-electron chi connectivity index (χ0n) is 22.7. The zero-order chi connectivity index (χ0) is 28.6. The standard InChI is InChI=1S/C31H30N4O5/c1-5-33-31(38)25-17(3)34-30-27(26(25)20-8-6-7-9-24(20)39-4)28(36)22(35-30)15-19-12-13-23(40-19)18-11-10-16(2)21(14-18)29(32)37/h6-15,26-27H,5H2,1-4H3,(H2,32,37)(H,33,38)(H,34,35)/b22-15-. The number of furan rings is 1. The fourth-order valence-corrected chi connectivity index (χ4v) is 5.30. The number of aryl methyl sites for hydroxylation is 1. The van der Waals surface area contributed by atoms with Gasteiger partial charge in [0, 0.05) is 46.5 Å². The summed E-state index contributed by atoms with van der Waals surface area (Å²) in [5, 5.41) is 6.07. The largest absolute Gasteiger partial charge is 0.496 e. The number of carbonyl (C=O) groups is 3. The van der Waals surface area contributed by atoms with Crippen LogP contribution in [0, 0.1) is 12.8 Å². The van der Waals surface area contributed by atoms with Crippen molar-refractivity contribution in [3.8, 4) is 17.1 Å². The first kappa shape index (κ1) is 26.7. The Morgan fingerprint density at radius 2 is 1.90 bits per heavy atom. The highest BCUT2D eigenvalue weighted by molar-refractivity contribution is 6.22. The SMILES string of the molecule is CCNC(=O)C1=C(C)NC2=N/C(=C\c3ccc(-c4ccc(C)c(C(N)=O)c4)o3)C(=O)C2C1c1ccccc1OC. The zero-order valence-corrected chi connectivity index (χ0v) is 22.7. The number of primary amides is 1. The Hall–Kier alpha value is -4.92. The van der Waals surface area contributed by atoms with Crippen LogP contribution in [0.2, 0.25) is 0 Å². The Morgan fingerprint density at radius 3 is 2.62 bits per heavy atom. The highest BCUT2D eigenvalue weighted by atomic mass is 16.5. The maximum atomic E-state index is 13.9. The maximum absolute atomic E-state index is 13.9. The molecule has 40 heavy (non-hydrogen) atoms. The Kier molecular flexibility index (Phi) is 7.13. The van der Waals surface area contributed by atoms with Crippen molar-refractivity contribution in [2.75, 3.05) is 13.7 Å². The van der Waals surface area contributed by atoms with Gasteiger partial charge in [0.2, 0.25) is 11.8 Å². The Labute approximate surface area is 231 Å². The number of carbonyl (C=O) groups excluding carboxylic acids is 3. The average molecular weight is 539 g/mol. The van der Waals surface area contributed by atoms with Gasteiger partial charge in [0.15, 0.2) is 5.78 Å². The minimum atomic E-state index is -0.742.